The molecule has 0 heterocycles. The Hall–Kier alpha value is -1.80. The van der Waals surface area contributed by atoms with Crippen molar-refractivity contribution in [1.29, 1.82) is 0 Å². The van der Waals surface area contributed by atoms with E-state index in [1.807, 2.05) is 25.1 Å². The van der Waals surface area contributed by atoms with Crippen molar-refractivity contribution in [3.63, 3.8) is 0 Å². The lowest BCUT2D eigenvalue weighted by Crippen LogP contribution is -2.51. The first-order valence-electron chi connectivity index (χ1n) is 25.5. The standard InChI is InChI=1S/C53H92N2O5S/c1-9-10-11-12-13-17-20-38-59-49(56)25-18-15-14-16-19-35-55(51(58)61-39-37-54(7)8)36-22-26-50(57)60-44-31-33-52(5)43(40-44)27-28-45-47-30-29-46(42(4)24-21-23-41(2)3)53(47,6)34-32-48(45)52/h17,20,27,41-42,44-48H,9-16,18-19,21-26,28-40H2,1-8H3/b20-17-/t42-,44+,45+,46?,47+,48+,52+,53-/m1/s1. The Kier molecular flexibility index (Phi) is 22.8. The van der Waals surface area contributed by atoms with Gasteiger partial charge in [-0.05, 0) is 137 Å². The van der Waals surface area contributed by atoms with Crippen LogP contribution in [0.1, 0.15) is 196 Å². The van der Waals surface area contributed by atoms with E-state index < -0.39 is 0 Å². The van der Waals surface area contributed by atoms with E-state index in [1.54, 1.807) is 5.57 Å². The number of carbonyl (C=O) groups excluding carboxylic acids is 3. The number of ether oxygens (including phenoxy) is 2. The van der Waals surface area contributed by atoms with E-state index in [-0.39, 0.29) is 28.7 Å². The van der Waals surface area contributed by atoms with Crippen LogP contribution in [-0.4, -0.2) is 79.2 Å². The summed E-state index contributed by atoms with van der Waals surface area (Å²) in [5.74, 6) is 5.49. The van der Waals surface area contributed by atoms with E-state index in [0.29, 0.717) is 44.4 Å². The van der Waals surface area contributed by atoms with Gasteiger partial charge in [0, 0.05) is 44.6 Å². The van der Waals surface area contributed by atoms with Crippen molar-refractivity contribution < 1.29 is 23.9 Å². The normalized spacial score (nSPS) is 27.7. The summed E-state index contributed by atoms with van der Waals surface area (Å²) >= 11 is 1.38. The number of esters is 2. The number of amides is 1. The number of nitrogens with zero attached hydrogens (tertiary/aromatic N) is 2. The zero-order valence-corrected chi connectivity index (χ0v) is 41.4. The molecule has 0 N–H and O–H groups in total. The van der Waals surface area contributed by atoms with Crippen molar-refractivity contribution in [3.8, 4) is 0 Å². The van der Waals surface area contributed by atoms with Crippen LogP contribution < -0.4 is 0 Å². The third-order valence-corrected chi connectivity index (χ3v) is 16.8. The van der Waals surface area contributed by atoms with Gasteiger partial charge >= 0.3 is 11.9 Å². The summed E-state index contributed by atoms with van der Waals surface area (Å²) < 4.78 is 11.6. The lowest BCUT2D eigenvalue weighted by Gasteiger charge is -2.58. The second-order valence-electron chi connectivity index (χ2n) is 21.2. The fourth-order valence-electron chi connectivity index (χ4n) is 12.3. The Morgan fingerprint density at radius 2 is 1.54 bits per heavy atom. The van der Waals surface area contributed by atoms with Gasteiger partial charge in [-0.25, -0.2) is 0 Å². The molecule has 7 nitrogen and oxygen atoms in total. The minimum absolute atomic E-state index is 0.0251. The minimum Gasteiger partial charge on any atom is -0.462 e. The van der Waals surface area contributed by atoms with Crippen molar-refractivity contribution in [3.05, 3.63) is 23.8 Å². The average Bonchev–Trinajstić information content (AvgIpc) is 3.58. The smallest absolute Gasteiger partial charge is 0.306 e. The third kappa shape index (κ3) is 16.3. The quantitative estimate of drug-likeness (QED) is 0.0440. The Balaban J connectivity index is 1.16. The molecule has 0 aromatic carbocycles. The fourth-order valence-corrected chi connectivity index (χ4v) is 13.3. The molecule has 0 spiro atoms. The van der Waals surface area contributed by atoms with Crippen LogP contribution in [0.2, 0.25) is 0 Å². The van der Waals surface area contributed by atoms with Crippen LogP contribution in [-0.2, 0) is 19.1 Å². The topological polar surface area (TPSA) is 76.1 Å². The Bertz CT molecular complexity index is 1380. The molecule has 0 saturated heterocycles. The van der Waals surface area contributed by atoms with E-state index in [0.717, 1.165) is 106 Å². The maximum atomic E-state index is 13.3. The van der Waals surface area contributed by atoms with Crippen molar-refractivity contribution >= 4 is 28.9 Å². The van der Waals surface area contributed by atoms with Gasteiger partial charge in [0.1, 0.15) is 12.7 Å². The molecule has 1 amide bonds. The van der Waals surface area contributed by atoms with Gasteiger partial charge in [0.25, 0.3) is 5.24 Å². The second-order valence-corrected chi connectivity index (χ2v) is 22.2. The van der Waals surface area contributed by atoms with Crippen LogP contribution in [0.4, 0.5) is 4.79 Å². The molecular weight excluding hydrogens is 777 g/mol. The van der Waals surface area contributed by atoms with Gasteiger partial charge in [-0.1, -0.05) is 135 Å². The largest absolute Gasteiger partial charge is 0.462 e. The number of rotatable bonds is 28. The summed E-state index contributed by atoms with van der Waals surface area (Å²) in [7, 11) is 4.06. The molecule has 3 fully saturated rings. The first kappa shape index (κ1) is 51.8. The zero-order chi connectivity index (χ0) is 44.3. The summed E-state index contributed by atoms with van der Waals surface area (Å²) in [6.07, 6.45) is 32.9. The summed E-state index contributed by atoms with van der Waals surface area (Å²) in [5, 5.41) is 0.106. The molecule has 0 aromatic heterocycles. The molecule has 0 aliphatic heterocycles. The van der Waals surface area contributed by atoms with E-state index in [2.05, 4.69) is 58.6 Å². The predicted octanol–water partition coefficient (Wildman–Crippen LogP) is 13.8. The molecule has 61 heavy (non-hydrogen) atoms. The molecule has 350 valence electrons. The van der Waals surface area contributed by atoms with Gasteiger partial charge in [0.2, 0.25) is 0 Å². The lowest BCUT2D eigenvalue weighted by atomic mass is 9.47. The van der Waals surface area contributed by atoms with Gasteiger partial charge < -0.3 is 19.3 Å². The summed E-state index contributed by atoms with van der Waals surface area (Å²) in [6.45, 7) is 17.3. The molecule has 1 unspecified atom stereocenters. The molecule has 8 heteroatoms. The monoisotopic (exact) mass is 869 g/mol. The Labute approximate surface area is 379 Å². The number of allylic oxidation sites excluding steroid dienone is 2. The SMILES string of the molecule is CCCCCC/C=C\COC(=O)CCCCCCCN(CCCC(=O)O[C@H]1CC[C@@]2(C)C(=CC[C@@H]3[C@@H]2CC[C@]2(C)C([C@H](C)CCCC(C)C)CC[C@@H]32)C1)C(=O)SCCN(C)C. The summed E-state index contributed by atoms with van der Waals surface area (Å²) in [5.41, 5.74) is 2.32. The van der Waals surface area contributed by atoms with Crippen LogP contribution in [0.15, 0.2) is 23.8 Å². The van der Waals surface area contributed by atoms with E-state index in [4.69, 9.17) is 9.47 Å². The number of unbranched alkanes of at least 4 members (excludes halogenated alkanes) is 8. The number of thioether (sulfide) groups is 1. The fraction of sp³-hybridized carbons (Fsp3) is 0.868. The lowest BCUT2D eigenvalue weighted by molar-refractivity contribution is -0.151. The molecule has 4 rings (SSSR count). The second kappa shape index (κ2) is 26.9. The van der Waals surface area contributed by atoms with Crippen molar-refractivity contribution in [2.45, 2.75) is 202 Å². The van der Waals surface area contributed by atoms with E-state index in [1.165, 1.54) is 88.8 Å². The van der Waals surface area contributed by atoms with Gasteiger partial charge in [-0.15, -0.1) is 0 Å². The van der Waals surface area contributed by atoms with Crippen LogP contribution in [0.3, 0.4) is 0 Å². The van der Waals surface area contributed by atoms with Crippen molar-refractivity contribution in [1.82, 2.24) is 9.80 Å². The van der Waals surface area contributed by atoms with E-state index >= 15 is 0 Å². The highest BCUT2D eigenvalue weighted by Gasteiger charge is 2.59. The van der Waals surface area contributed by atoms with Gasteiger partial charge in [-0.2, -0.15) is 0 Å². The maximum absolute atomic E-state index is 13.3. The van der Waals surface area contributed by atoms with E-state index in [9.17, 15) is 14.4 Å². The third-order valence-electron chi connectivity index (χ3n) is 15.9. The molecule has 0 aromatic rings. The summed E-state index contributed by atoms with van der Waals surface area (Å²) in [6, 6.07) is 0. The molecule has 8 atom stereocenters. The predicted molar refractivity (Wildman–Crippen MR) is 257 cm³/mol. The zero-order valence-electron chi connectivity index (χ0n) is 40.6. The molecule has 4 aliphatic carbocycles. The number of hydrogen-bond donors (Lipinski definition) is 0. The Morgan fingerprint density at radius 1 is 0.803 bits per heavy atom. The molecule has 0 radical (unpaired) electrons. The van der Waals surface area contributed by atoms with Crippen LogP contribution >= 0.6 is 11.8 Å². The highest BCUT2D eigenvalue weighted by atomic mass is 32.2. The van der Waals surface area contributed by atoms with Crippen LogP contribution in [0.5, 0.6) is 0 Å². The minimum atomic E-state index is -0.117. The first-order chi connectivity index (χ1) is 29.3. The van der Waals surface area contributed by atoms with Crippen LogP contribution in [0.25, 0.3) is 0 Å². The number of carbonyl (C=O) groups is 3. The van der Waals surface area contributed by atoms with Crippen molar-refractivity contribution in [2.75, 3.05) is 46.1 Å². The number of fused-ring (bicyclic) bond motifs is 5. The van der Waals surface area contributed by atoms with Gasteiger partial charge in [0.15, 0.2) is 0 Å². The van der Waals surface area contributed by atoms with Crippen molar-refractivity contribution in [2.24, 2.45) is 46.3 Å². The molecule has 0 bridgehead atoms. The van der Waals surface area contributed by atoms with Gasteiger partial charge in [-0.3, -0.25) is 14.4 Å². The highest BCUT2D eigenvalue weighted by Crippen LogP contribution is 2.67. The maximum Gasteiger partial charge on any atom is 0.306 e. The average molecular weight is 869 g/mol. The molecular formula is C53H92N2O5S. The molecule has 4 aliphatic rings. The Morgan fingerprint density at radius 3 is 2.31 bits per heavy atom. The first-order valence-corrected chi connectivity index (χ1v) is 26.5. The highest BCUT2D eigenvalue weighted by molar-refractivity contribution is 8.13. The number of hydrogen-bond acceptors (Lipinski definition) is 7. The van der Waals surface area contributed by atoms with Gasteiger partial charge in [0.05, 0.1) is 0 Å². The van der Waals surface area contributed by atoms with Crippen LogP contribution in [0, 0.1) is 46.3 Å². The summed E-state index contributed by atoms with van der Waals surface area (Å²) in [4.78, 5) is 42.7. The molecule has 3 saturated carbocycles.